The molecule has 2 heterocycles. The molecule has 0 radical (unpaired) electrons. The topological polar surface area (TPSA) is 207 Å². The lowest BCUT2D eigenvalue weighted by Gasteiger charge is -2.11. The van der Waals surface area contributed by atoms with Gasteiger partial charge in [-0.3, -0.25) is 18.6 Å². The highest BCUT2D eigenvalue weighted by atomic mass is 32.2. The summed E-state index contributed by atoms with van der Waals surface area (Å²) in [5.41, 5.74) is 3.04. The van der Waals surface area contributed by atoms with Gasteiger partial charge in [-0.1, -0.05) is 36.4 Å². The van der Waals surface area contributed by atoms with Gasteiger partial charge < -0.3 is 4.18 Å². The molecule has 0 aliphatic rings. The molecule has 3 N–H and O–H groups in total. The summed E-state index contributed by atoms with van der Waals surface area (Å²) >= 11 is -2.46. The van der Waals surface area contributed by atoms with E-state index in [4.69, 9.17) is 8.74 Å². The van der Waals surface area contributed by atoms with E-state index in [0.29, 0.717) is 22.4 Å². The van der Waals surface area contributed by atoms with Crippen LogP contribution < -0.4 is 4.18 Å². The van der Waals surface area contributed by atoms with E-state index >= 15 is 0 Å². The smallest absolute Gasteiger partial charge is 0.357 e. The Morgan fingerprint density at radius 1 is 0.643 bits per heavy atom. The summed E-state index contributed by atoms with van der Waals surface area (Å²) in [7, 11) is -8.88. The molecule has 0 aliphatic heterocycles. The Bertz CT molecular complexity index is 2020. The van der Waals surface area contributed by atoms with E-state index in [1.54, 1.807) is 24.3 Å². The fourth-order valence-electron chi connectivity index (χ4n) is 3.92. The van der Waals surface area contributed by atoms with Crippen molar-refractivity contribution in [1.82, 2.24) is 20.2 Å². The van der Waals surface area contributed by atoms with Gasteiger partial charge in [-0.25, -0.2) is 4.98 Å². The Balaban J connectivity index is 1.59. The monoisotopic (exact) mass is 626 g/mol. The molecular formula is C26H18N4O9S3. The highest BCUT2D eigenvalue weighted by molar-refractivity contribution is 7.86. The quantitative estimate of drug-likeness (QED) is 0.165. The molecule has 42 heavy (non-hydrogen) atoms. The van der Waals surface area contributed by atoms with Crippen LogP contribution in [0.3, 0.4) is 0 Å². The third-order valence-electron chi connectivity index (χ3n) is 5.88. The first kappa shape index (κ1) is 29.1. The first-order chi connectivity index (χ1) is 19.9. The number of rotatable bonds is 8. The van der Waals surface area contributed by atoms with Crippen molar-refractivity contribution in [3.05, 3.63) is 91.1 Å². The van der Waals surface area contributed by atoms with Gasteiger partial charge in [0.25, 0.3) is 20.2 Å². The molecule has 5 rings (SSSR count). The minimum absolute atomic E-state index is 0.111. The van der Waals surface area contributed by atoms with E-state index < -0.39 is 31.6 Å². The van der Waals surface area contributed by atoms with Gasteiger partial charge in [-0.2, -0.15) is 21.0 Å². The van der Waals surface area contributed by atoms with Crippen molar-refractivity contribution in [3.63, 3.8) is 0 Å². The molecule has 13 nitrogen and oxygen atoms in total. The second-order valence-electron chi connectivity index (χ2n) is 8.59. The standard InChI is InChI=1S/C26H18N4O9S3/c31-40(32)39-20-7-1-16(2-8-20)19-13-14-27-23(15-19)26-28-24(17-3-9-21(10-4-17)41(33,34)35)25(29-30-26)18-5-11-22(12-6-18)42(36,37)38/h1-15H,(H,31,32)(H,33,34,35)(H,36,37,38). The molecule has 2 aromatic heterocycles. The zero-order valence-electron chi connectivity index (χ0n) is 21.0. The van der Waals surface area contributed by atoms with Crippen molar-refractivity contribution in [3.8, 4) is 50.9 Å². The minimum Gasteiger partial charge on any atom is -0.380 e. The first-order valence-electron chi connectivity index (χ1n) is 11.6. The zero-order valence-corrected chi connectivity index (χ0v) is 23.4. The lowest BCUT2D eigenvalue weighted by Crippen LogP contribution is -2.03. The van der Waals surface area contributed by atoms with E-state index in [1.165, 1.54) is 66.9 Å². The maximum Gasteiger partial charge on any atom is 0.357 e. The van der Waals surface area contributed by atoms with Crippen molar-refractivity contribution in [1.29, 1.82) is 0 Å². The maximum absolute atomic E-state index is 11.5. The molecule has 0 spiro atoms. The average Bonchev–Trinajstić information content (AvgIpc) is 2.96. The average molecular weight is 627 g/mol. The van der Waals surface area contributed by atoms with Crippen LogP contribution in [0.25, 0.3) is 45.2 Å². The predicted molar refractivity (Wildman–Crippen MR) is 150 cm³/mol. The van der Waals surface area contributed by atoms with Crippen LogP contribution in [0.15, 0.2) is 101 Å². The fraction of sp³-hybridized carbons (Fsp3) is 0. The van der Waals surface area contributed by atoms with Gasteiger partial charge in [-0.15, -0.1) is 10.2 Å². The Kier molecular flexibility index (Phi) is 7.91. The summed E-state index contributed by atoms with van der Waals surface area (Å²) < 4.78 is 89.3. The molecule has 16 heteroatoms. The van der Waals surface area contributed by atoms with Crippen LogP contribution in [-0.2, 0) is 31.6 Å². The molecule has 0 bridgehead atoms. The Hall–Kier alpha value is -4.45. The van der Waals surface area contributed by atoms with E-state index in [-0.39, 0.29) is 32.8 Å². The van der Waals surface area contributed by atoms with Gasteiger partial charge >= 0.3 is 11.4 Å². The number of pyridine rings is 1. The van der Waals surface area contributed by atoms with E-state index in [1.807, 2.05) is 0 Å². The number of nitrogens with zero attached hydrogens (tertiary/aromatic N) is 4. The summed E-state index contributed by atoms with van der Waals surface area (Å²) in [6.07, 6.45) is 1.53. The zero-order chi connectivity index (χ0) is 30.1. The molecule has 0 saturated heterocycles. The van der Waals surface area contributed by atoms with Crippen LogP contribution in [0, 0.1) is 0 Å². The summed E-state index contributed by atoms with van der Waals surface area (Å²) in [6.45, 7) is 0. The molecular weight excluding hydrogens is 609 g/mol. The fourth-order valence-corrected chi connectivity index (χ4v) is 5.15. The first-order valence-corrected chi connectivity index (χ1v) is 15.6. The Labute approximate surface area is 241 Å². The Morgan fingerprint density at radius 2 is 1.17 bits per heavy atom. The number of hydrogen-bond acceptors (Lipinski definition) is 10. The largest absolute Gasteiger partial charge is 0.380 e. The maximum atomic E-state index is 11.5. The molecule has 1 atom stereocenters. The second-order valence-corrected chi connectivity index (χ2v) is 12.0. The van der Waals surface area contributed by atoms with Crippen molar-refractivity contribution in [2.75, 3.05) is 0 Å². The number of aromatic nitrogens is 4. The molecule has 0 saturated carbocycles. The second kappa shape index (κ2) is 11.4. The van der Waals surface area contributed by atoms with Gasteiger partial charge in [-0.05, 0) is 59.7 Å². The molecule has 5 aromatic rings. The van der Waals surface area contributed by atoms with Crippen LogP contribution in [0.5, 0.6) is 5.75 Å². The molecule has 1 unspecified atom stereocenters. The molecule has 3 aromatic carbocycles. The van der Waals surface area contributed by atoms with Crippen LogP contribution in [0.1, 0.15) is 0 Å². The highest BCUT2D eigenvalue weighted by Crippen LogP contribution is 2.32. The summed E-state index contributed by atoms with van der Waals surface area (Å²) in [5.74, 6) is 0.311. The van der Waals surface area contributed by atoms with E-state index in [2.05, 4.69) is 20.2 Å². The molecule has 0 fully saturated rings. The van der Waals surface area contributed by atoms with Crippen molar-refractivity contribution in [2.45, 2.75) is 9.79 Å². The third-order valence-corrected chi connectivity index (χ3v) is 7.95. The number of hydrogen-bond donors (Lipinski definition) is 3. The SMILES string of the molecule is O=S(O)Oc1ccc(-c2ccnc(-c3nnc(-c4ccc(S(=O)(=O)O)cc4)c(-c4ccc(S(=O)(=O)O)cc4)n3)c2)cc1. The third kappa shape index (κ3) is 6.54. The summed E-state index contributed by atoms with van der Waals surface area (Å²) in [4.78, 5) is 8.33. The molecule has 0 aliphatic carbocycles. The van der Waals surface area contributed by atoms with Crippen LogP contribution in [-0.4, -0.2) is 54.9 Å². The highest BCUT2D eigenvalue weighted by Gasteiger charge is 2.18. The van der Waals surface area contributed by atoms with Gasteiger partial charge in [0.15, 0.2) is 0 Å². The Morgan fingerprint density at radius 3 is 1.69 bits per heavy atom. The summed E-state index contributed by atoms with van der Waals surface area (Å²) in [6, 6.07) is 20.2. The lowest BCUT2D eigenvalue weighted by molar-refractivity contribution is 0.458. The van der Waals surface area contributed by atoms with E-state index in [9.17, 15) is 30.1 Å². The van der Waals surface area contributed by atoms with Crippen molar-refractivity contribution < 1.29 is 38.9 Å². The van der Waals surface area contributed by atoms with Gasteiger partial charge in [0.1, 0.15) is 22.8 Å². The number of benzene rings is 3. The summed E-state index contributed by atoms with van der Waals surface area (Å²) in [5, 5.41) is 8.52. The van der Waals surface area contributed by atoms with Crippen molar-refractivity contribution in [2.24, 2.45) is 0 Å². The van der Waals surface area contributed by atoms with Crippen LogP contribution >= 0.6 is 0 Å². The lowest BCUT2D eigenvalue weighted by atomic mass is 10.0. The van der Waals surface area contributed by atoms with Gasteiger partial charge in [0.05, 0.1) is 9.79 Å². The van der Waals surface area contributed by atoms with Crippen LogP contribution in [0.2, 0.25) is 0 Å². The normalized spacial score (nSPS) is 12.5. The molecule has 0 amide bonds. The van der Waals surface area contributed by atoms with Crippen LogP contribution in [0.4, 0.5) is 0 Å². The van der Waals surface area contributed by atoms with Crippen molar-refractivity contribution >= 4 is 31.6 Å². The predicted octanol–water partition coefficient (Wildman–Crippen LogP) is 3.94. The van der Waals surface area contributed by atoms with Gasteiger partial charge in [0, 0.05) is 17.3 Å². The molecule has 214 valence electrons. The van der Waals surface area contributed by atoms with E-state index in [0.717, 1.165) is 5.56 Å². The minimum atomic E-state index is -4.45. The van der Waals surface area contributed by atoms with Gasteiger partial charge in [0.2, 0.25) is 5.82 Å².